The van der Waals surface area contributed by atoms with Crippen LogP contribution in [0.15, 0.2) is 36.4 Å². The lowest BCUT2D eigenvalue weighted by Crippen LogP contribution is -2.28. The molecule has 2 aromatic rings. The highest BCUT2D eigenvalue weighted by molar-refractivity contribution is 5.79. The van der Waals surface area contributed by atoms with E-state index in [4.69, 9.17) is 4.74 Å². The first kappa shape index (κ1) is 19.0. The zero-order valence-electron chi connectivity index (χ0n) is 15.5. The molecule has 0 saturated carbocycles. The van der Waals surface area contributed by atoms with Gasteiger partial charge in [0.25, 0.3) is 0 Å². The van der Waals surface area contributed by atoms with Crippen molar-refractivity contribution >= 4 is 5.91 Å². The third-order valence-corrected chi connectivity index (χ3v) is 4.36. The first-order valence-electron chi connectivity index (χ1n) is 8.54. The van der Waals surface area contributed by atoms with Crippen molar-refractivity contribution in [2.24, 2.45) is 0 Å². The molecule has 0 spiro atoms. The molecule has 0 bridgehead atoms. The second-order valence-corrected chi connectivity index (χ2v) is 6.70. The van der Waals surface area contributed by atoms with Crippen LogP contribution in [0.4, 0.5) is 4.39 Å². The summed E-state index contributed by atoms with van der Waals surface area (Å²) in [5.41, 5.74) is 4.08. The van der Waals surface area contributed by atoms with E-state index in [1.165, 1.54) is 12.1 Å². The molecule has 1 amide bonds. The normalized spacial score (nSPS) is 12.1. The highest BCUT2D eigenvalue weighted by atomic mass is 19.1. The molecular formula is C21H26FNO2. The number of methoxy groups -OCH3 is 1. The van der Waals surface area contributed by atoms with Crippen molar-refractivity contribution in [2.75, 3.05) is 7.11 Å². The molecule has 3 nitrogen and oxygen atoms in total. The van der Waals surface area contributed by atoms with Crippen molar-refractivity contribution in [1.82, 2.24) is 5.32 Å². The first-order chi connectivity index (χ1) is 11.8. The second-order valence-electron chi connectivity index (χ2n) is 6.70. The van der Waals surface area contributed by atoms with Crippen molar-refractivity contribution in [3.63, 3.8) is 0 Å². The van der Waals surface area contributed by atoms with Crippen LogP contribution in [0, 0.1) is 12.7 Å². The Labute approximate surface area is 149 Å². The van der Waals surface area contributed by atoms with E-state index >= 15 is 0 Å². The van der Waals surface area contributed by atoms with Gasteiger partial charge >= 0.3 is 0 Å². The molecule has 0 saturated heterocycles. The van der Waals surface area contributed by atoms with Crippen LogP contribution in [0.25, 0.3) is 0 Å². The summed E-state index contributed by atoms with van der Waals surface area (Å²) in [5, 5.41) is 3.03. The van der Waals surface area contributed by atoms with Crippen molar-refractivity contribution in [1.29, 1.82) is 0 Å². The summed E-state index contributed by atoms with van der Waals surface area (Å²) in [4.78, 5) is 12.3. The summed E-state index contributed by atoms with van der Waals surface area (Å²) < 4.78 is 18.4. The number of halogens is 1. The van der Waals surface area contributed by atoms with Gasteiger partial charge in [0.1, 0.15) is 11.6 Å². The van der Waals surface area contributed by atoms with Crippen LogP contribution in [0.1, 0.15) is 55.0 Å². The van der Waals surface area contributed by atoms with Crippen LogP contribution in [0.3, 0.4) is 0 Å². The molecule has 0 fully saturated rings. The lowest BCUT2D eigenvalue weighted by Gasteiger charge is -2.21. The molecule has 1 N–H and O–H groups in total. The smallest absolute Gasteiger partial charge is 0.224 e. The first-order valence-corrected chi connectivity index (χ1v) is 8.54. The van der Waals surface area contributed by atoms with Gasteiger partial charge in [0.15, 0.2) is 0 Å². The van der Waals surface area contributed by atoms with E-state index < -0.39 is 0 Å². The lowest BCUT2D eigenvalue weighted by atomic mass is 9.93. The van der Waals surface area contributed by atoms with E-state index in [9.17, 15) is 9.18 Å². The fourth-order valence-electron chi connectivity index (χ4n) is 2.97. The van der Waals surface area contributed by atoms with Crippen molar-refractivity contribution in [3.05, 3.63) is 64.5 Å². The topological polar surface area (TPSA) is 38.3 Å². The molecule has 2 aromatic carbocycles. The number of ether oxygens (including phenoxy) is 1. The summed E-state index contributed by atoms with van der Waals surface area (Å²) in [7, 11) is 1.67. The number of aryl methyl sites for hydroxylation is 1. The third-order valence-electron chi connectivity index (χ3n) is 4.36. The summed E-state index contributed by atoms with van der Waals surface area (Å²) in [6.45, 7) is 8.23. The Bertz CT molecular complexity index is 738. The van der Waals surface area contributed by atoms with Gasteiger partial charge in [0.2, 0.25) is 5.91 Å². The number of hydrogen-bond acceptors (Lipinski definition) is 2. The fourth-order valence-corrected chi connectivity index (χ4v) is 2.97. The quantitative estimate of drug-likeness (QED) is 0.826. The molecule has 0 aliphatic rings. The molecule has 134 valence electrons. The molecule has 25 heavy (non-hydrogen) atoms. The van der Waals surface area contributed by atoms with Gasteiger partial charge in [-0.3, -0.25) is 4.79 Å². The molecule has 0 heterocycles. The number of carbonyl (C=O) groups is 1. The predicted molar refractivity (Wildman–Crippen MR) is 98.5 cm³/mol. The fraction of sp³-hybridized carbons (Fsp3) is 0.381. The zero-order chi connectivity index (χ0) is 18.6. The van der Waals surface area contributed by atoms with Crippen LogP contribution >= 0.6 is 0 Å². The van der Waals surface area contributed by atoms with Crippen LogP contribution < -0.4 is 10.1 Å². The number of amides is 1. The Kier molecular flexibility index (Phi) is 6.18. The van der Waals surface area contributed by atoms with Gasteiger partial charge in [-0.05, 0) is 66.3 Å². The van der Waals surface area contributed by atoms with Crippen molar-refractivity contribution < 1.29 is 13.9 Å². The summed E-state index contributed by atoms with van der Waals surface area (Å²) in [6, 6.07) is 10.0. The highest BCUT2D eigenvalue weighted by Crippen LogP contribution is 2.32. The summed E-state index contributed by atoms with van der Waals surface area (Å²) >= 11 is 0. The van der Waals surface area contributed by atoms with Gasteiger partial charge in [0, 0.05) is 0 Å². The molecule has 2 rings (SSSR count). The largest absolute Gasteiger partial charge is 0.496 e. The number of hydrogen-bond donors (Lipinski definition) is 1. The minimum Gasteiger partial charge on any atom is -0.496 e. The Morgan fingerprint density at radius 3 is 2.32 bits per heavy atom. The van der Waals surface area contributed by atoms with E-state index in [2.05, 4.69) is 25.2 Å². The number of rotatable bonds is 6. The van der Waals surface area contributed by atoms with Gasteiger partial charge in [-0.1, -0.05) is 26.0 Å². The van der Waals surface area contributed by atoms with Gasteiger partial charge in [-0.2, -0.15) is 0 Å². The zero-order valence-corrected chi connectivity index (χ0v) is 15.5. The Balaban J connectivity index is 2.14. The number of carbonyl (C=O) groups excluding carboxylic acids is 1. The molecule has 4 heteroatoms. The molecule has 0 aliphatic carbocycles. The summed E-state index contributed by atoms with van der Waals surface area (Å²) in [5.74, 6) is 0.825. The summed E-state index contributed by atoms with van der Waals surface area (Å²) in [6.07, 6.45) is 0.233. The van der Waals surface area contributed by atoms with Gasteiger partial charge in [0.05, 0.1) is 19.6 Å². The minimum atomic E-state index is -0.299. The average molecular weight is 343 g/mol. The van der Waals surface area contributed by atoms with E-state index in [1.807, 2.05) is 19.9 Å². The Morgan fingerprint density at radius 1 is 1.12 bits per heavy atom. The molecule has 0 radical (unpaired) electrons. The Morgan fingerprint density at radius 2 is 1.76 bits per heavy atom. The van der Waals surface area contributed by atoms with Crippen LogP contribution in [-0.4, -0.2) is 13.0 Å². The number of nitrogens with one attached hydrogen (secondary N) is 1. The highest BCUT2D eigenvalue weighted by Gasteiger charge is 2.17. The maximum absolute atomic E-state index is 13.0. The van der Waals surface area contributed by atoms with Gasteiger partial charge in [-0.25, -0.2) is 4.39 Å². The van der Waals surface area contributed by atoms with E-state index in [0.717, 1.165) is 28.0 Å². The van der Waals surface area contributed by atoms with Crippen molar-refractivity contribution in [2.45, 2.75) is 46.1 Å². The van der Waals surface area contributed by atoms with Gasteiger partial charge in [-0.15, -0.1) is 0 Å². The van der Waals surface area contributed by atoms with Gasteiger partial charge < -0.3 is 10.1 Å². The maximum Gasteiger partial charge on any atom is 0.224 e. The Hall–Kier alpha value is -2.36. The molecule has 0 aromatic heterocycles. The monoisotopic (exact) mass is 343 g/mol. The second kappa shape index (κ2) is 8.15. The molecule has 1 atom stereocenters. The lowest BCUT2D eigenvalue weighted by molar-refractivity contribution is -0.121. The van der Waals surface area contributed by atoms with Crippen LogP contribution in [0.2, 0.25) is 0 Å². The van der Waals surface area contributed by atoms with Crippen LogP contribution in [-0.2, 0) is 11.2 Å². The van der Waals surface area contributed by atoms with E-state index in [1.54, 1.807) is 19.2 Å². The molecule has 0 aliphatic heterocycles. The standard InChI is InChI=1S/C21H26FNO2/c1-13(2)18-12-19(14(3)10-20(18)25-5)15(4)23-21(24)11-16-6-8-17(22)9-7-16/h6-10,12-13,15H,11H2,1-5H3,(H,23,24)/t15-/m1/s1. The average Bonchev–Trinajstić information content (AvgIpc) is 2.56. The van der Waals surface area contributed by atoms with Crippen LogP contribution in [0.5, 0.6) is 5.75 Å². The maximum atomic E-state index is 13.0. The third kappa shape index (κ3) is 4.81. The predicted octanol–water partition coefficient (Wildman–Crippen LogP) is 4.69. The number of benzene rings is 2. The molecule has 0 unspecified atom stereocenters. The molecular weight excluding hydrogens is 317 g/mol. The van der Waals surface area contributed by atoms with Crippen molar-refractivity contribution in [3.8, 4) is 5.75 Å². The minimum absolute atomic E-state index is 0.0829. The van der Waals surface area contributed by atoms with E-state index in [-0.39, 0.29) is 24.2 Å². The van der Waals surface area contributed by atoms with E-state index in [0.29, 0.717) is 5.92 Å². The SMILES string of the molecule is COc1cc(C)c([C@@H](C)NC(=O)Cc2ccc(F)cc2)cc1C(C)C.